The number of rotatable bonds is 2. The van der Waals surface area contributed by atoms with Gasteiger partial charge in [-0.25, -0.2) is 9.07 Å². The van der Waals surface area contributed by atoms with Crippen LogP contribution in [0.3, 0.4) is 0 Å². The van der Waals surface area contributed by atoms with Crippen molar-refractivity contribution in [2.75, 3.05) is 5.73 Å². The standard InChI is InChI=1S/C14H18FN5/c1-14(2)7-3-4-12(14)20-13(17-18-19-20)9-5-6-11(16)10(15)8-9/h5-6,8,12H,3-4,7,16H2,1-2H3. The molecule has 0 bridgehead atoms. The summed E-state index contributed by atoms with van der Waals surface area (Å²) in [5.41, 5.74) is 6.45. The molecule has 106 valence electrons. The van der Waals surface area contributed by atoms with Gasteiger partial charge in [0.05, 0.1) is 11.7 Å². The molecule has 0 radical (unpaired) electrons. The molecular weight excluding hydrogens is 257 g/mol. The maximum Gasteiger partial charge on any atom is 0.182 e. The summed E-state index contributed by atoms with van der Waals surface area (Å²) in [6, 6.07) is 4.93. The minimum atomic E-state index is -0.442. The van der Waals surface area contributed by atoms with Crippen molar-refractivity contribution in [3.05, 3.63) is 24.0 Å². The predicted octanol–water partition coefficient (Wildman–Crippen LogP) is 2.81. The number of hydrogen-bond donors (Lipinski definition) is 1. The summed E-state index contributed by atoms with van der Waals surface area (Å²) < 4.78 is 15.5. The molecule has 1 aliphatic carbocycles. The molecule has 1 unspecified atom stereocenters. The lowest BCUT2D eigenvalue weighted by Gasteiger charge is -2.27. The van der Waals surface area contributed by atoms with Crippen molar-refractivity contribution in [2.45, 2.75) is 39.2 Å². The van der Waals surface area contributed by atoms with Gasteiger partial charge in [-0.1, -0.05) is 20.3 Å². The molecule has 1 heterocycles. The van der Waals surface area contributed by atoms with Crippen LogP contribution >= 0.6 is 0 Å². The fourth-order valence-electron chi connectivity index (χ4n) is 3.02. The average Bonchev–Trinajstić information content (AvgIpc) is 2.98. The smallest absolute Gasteiger partial charge is 0.182 e. The minimum absolute atomic E-state index is 0.133. The second-order valence-electron chi connectivity index (χ2n) is 6.08. The van der Waals surface area contributed by atoms with Crippen molar-refractivity contribution in [1.82, 2.24) is 20.2 Å². The first-order valence-corrected chi connectivity index (χ1v) is 6.82. The average molecular weight is 275 g/mol. The van der Waals surface area contributed by atoms with E-state index in [0.717, 1.165) is 19.3 Å². The van der Waals surface area contributed by atoms with Crippen molar-refractivity contribution >= 4 is 5.69 Å². The van der Waals surface area contributed by atoms with Crippen molar-refractivity contribution in [3.63, 3.8) is 0 Å². The van der Waals surface area contributed by atoms with Crippen LogP contribution in [0.25, 0.3) is 11.4 Å². The monoisotopic (exact) mass is 275 g/mol. The Morgan fingerprint density at radius 1 is 1.40 bits per heavy atom. The number of benzene rings is 1. The number of nitrogens with zero attached hydrogens (tertiary/aromatic N) is 4. The Kier molecular flexibility index (Phi) is 2.96. The van der Waals surface area contributed by atoms with Gasteiger partial charge < -0.3 is 5.73 Å². The third-order valence-electron chi connectivity index (χ3n) is 4.25. The van der Waals surface area contributed by atoms with E-state index in [4.69, 9.17) is 5.73 Å². The highest BCUT2D eigenvalue weighted by Gasteiger charge is 2.38. The maximum absolute atomic E-state index is 13.6. The lowest BCUT2D eigenvalue weighted by atomic mass is 9.87. The highest BCUT2D eigenvalue weighted by atomic mass is 19.1. The Balaban J connectivity index is 2.04. The zero-order chi connectivity index (χ0) is 14.3. The van der Waals surface area contributed by atoms with Crippen molar-refractivity contribution < 1.29 is 4.39 Å². The SMILES string of the molecule is CC1(C)CCCC1n1nnnc1-c1ccc(N)c(F)c1. The molecule has 0 spiro atoms. The van der Waals surface area contributed by atoms with Gasteiger partial charge in [-0.15, -0.1) is 5.10 Å². The summed E-state index contributed by atoms with van der Waals surface area (Å²) in [6.45, 7) is 4.44. The fourth-order valence-corrected chi connectivity index (χ4v) is 3.02. The molecule has 1 fully saturated rings. The molecule has 1 saturated carbocycles. The topological polar surface area (TPSA) is 69.6 Å². The summed E-state index contributed by atoms with van der Waals surface area (Å²) in [7, 11) is 0. The van der Waals surface area contributed by atoms with E-state index in [1.807, 2.05) is 4.68 Å². The third kappa shape index (κ3) is 2.05. The highest BCUT2D eigenvalue weighted by molar-refractivity contribution is 5.59. The van der Waals surface area contributed by atoms with Crippen LogP contribution in [0.2, 0.25) is 0 Å². The second kappa shape index (κ2) is 4.54. The van der Waals surface area contributed by atoms with Crippen LogP contribution < -0.4 is 5.73 Å². The molecule has 0 amide bonds. The van der Waals surface area contributed by atoms with Gasteiger partial charge in [0.2, 0.25) is 0 Å². The van der Waals surface area contributed by atoms with Crippen LogP contribution in [0.1, 0.15) is 39.2 Å². The first-order chi connectivity index (χ1) is 9.49. The Morgan fingerprint density at radius 3 is 2.85 bits per heavy atom. The van der Waals surface area contributed by atoms with Gasteiger partial charge >= 0.3 is 0 Å². The minimum Gasteiger partial charge on any atom is -0.396 e. The zero-order valence-corrected chi connectivity index (χ0v) is 11.7. The van der Waals surface area contributed by atoms with Gasteiger partial charge in [0.1, 0.15) is 5.82 Å². The highest BCUT2D eigenvalue weighted by Crippen LogP contribution is 2.46. The van der Waals surface area contributed by atoms with E-state index in [-0.39, 0.29) is 17.1 Å². The zero-order valence-electron chi connectivity index (χ0n) is 11.7. The first kappa shape index (κ1) is 13.0. The number of aromatic nitrogens is 4. The Bertz CT molecular complexity index is 634. The van der Waals surface area contributed by atoms with Crippen LogP contribution in [0, 0.1) is 11.2 Å². The molecule has 5 nitrogen and oxygen atoms in total. The molecule has 1 aliphatic rings. The van der Waals surface area contributed by atoms with Crippen LogP contribution in [-0.4, -0.2) is 20.2 Å². The van der Waals surface area contributed by atoms with E-state index in [1.54, 1.807) is 12.1 Å². The van der Waals surface area contributed by atoms with E-state index in [9.17, 15) is 4.39 Å². The summed E-state index contributed by atoms with van der Waals surface area (Å²) in [5, 5.41) is 12.0. The van der Waals surface area contributed by atoms with Gasteiger partial charge in [0, 0.05) is 5.56 Å². The largest absolute Gasteiger partial charge is 0.396 e. The van der Waals surface area contributed by atoms with Gasteiger partial charge in [-0.3, -0.25) is 0 Å². The third-order valence-corrected chi connectivity index (χ3v) is 4.25. The Morgan fingerprint density at radius 2 is 2.20 bits per heavy atom. The second-order valence-corrected chi connectivity index (χ2v) is 6.08. The maximum atomic E-state index is 13.6. The molecule has 20 heavy (non-hydrogen) atoms. The molecule has 1 aromatic carbocycles. The van der Waals surface area contributed by atoms with Crippen molar-refractivity contribution in [2.24, 2.45) is 5.41 Å². The van der Waals surface area contributed by atoms with E-state index in [2.05, 4.69) is 29.4 Å². The van der Waals surface area contributed by atoms with Gasteiger partial charge in [-0.05, 0) is 46.9 Å². The number of nitrogen functional groups attached to an aromatic ring is 1. The van der Waals surface area contributed by atoms with Gasteiger partial charge in [-0.2, -0.15) is 0 Å². The molecule has 2 aromatic rings. The van der Waals surface area contributed by atoms with Crippen LogP contribution in [-0.2, 0) is 0 Å². The lowest BCUT2D eigenvalue weighted by molar-refractivity contribution is 0.242. The number of tetrazole rings is 1. The molecule has 2 N–H and O–H groups in total. The lowest BCUT2D eigenvalue weighted by Crippen LogP contribution is -2.23. The number of anilines is 1. The summed E-state index contributed by atoms with van der Waals surface area (Å²) in [6.07, 6.45) is 3.35. The Hall–Kier alpha value is -1.98. The Labute approximate surface area is 117 Å². The summed E-state index contributed by atoms with van der Waals surface area (Å²) >= 11 is 0. The number of nitrogens with two attached hydrogens (primary N) is 1. The normalized spacial score (nSPS) is 21.2. The van der Waals surface area contributed by atoms with Crippen molar-refractivity contribution in [1.29, 1.82) is 0 Å². The number of halogens is 1. The van der Waals surface area contributed by atoms with E-state index in [0.29, 0.717) is 11.4 Å². The van der Waals surface area contributed by atoms with Crippen LogP contribution in [0.4, 0.5) is 10.1 Å². The predicted molar refractivity (Wildman–Crippen MR) is 74.3 cm³/mol. The van der Waals surface area contributed by atoms with Gasteiger partial charge in [0.15, 0.2) is 5.82 Å². The van der Waals surface area contributed by atoms with E-state index < -0.39 is 5.82 Å². The molecule has 3 rings (SSSR count). The molecule has 1 aromatic heterocycles. The summed E-state index contributed by atoms with van der Waals surface area (Å²) in [5.74, 6) is 0.159. The van der Waals surface area contributed by atoms with Gasteiger partial charge in [0.25, 0.3) is 0 Å². The molecular formula is C14H18FN5. The molecule has 6 heteroatoms. The van der Waals surface area contributed by atoms with Crippen LogP contribution in [0.5, 0.6) is 0 Å². The quantitative estimate of drug-likeness (QED) is 0.856. The van der Waals surface area contributed by atoms with Crippen molar-refractivity contribution in [3.8, 4) is 11.4 Å². The first-order valence-electron chi connectivity index (χ1n) is 6.82. The fraction of sp³-hybridized carbons (Fsp3) is 0.500. The summed E-state index contributed by atoms with van der Waals surface area (Å²) in [4.78, 5) is 0. The molecule has 0 aliphatic heterocycles. The van der Waals surface area contributed by atoms with E-state index >= 15 is 0 Å². The van der Waals surface area contributed by atoms with E-state index in [1.165, 1.54) is 6.07 Å². The number of hydrogen-bond acceptors (Lipinski definition) is 4. The van der Waals surface area contributed by atoms with Crippen LogP contribution in [0.15, 0.2) is 18.2 Å². The molecule has 0 saturated heterocycles. The molecule has 1 atom stereocenters.